The number of aryl methyl sites for hydroxylation is 2. The zero-order chi connectivity index (χ0) is 16.1. The van der Waals surface area contributed by atoms with Gasteiger partial charge in [0.25, 0.3) is 5.91 Å². The summed E-state index contributed by atoms with van der Waals surface area (Å²) in [6.45, 7) is 0. The number of carbonyl (C=O) groups is 2. The van der Waals surface area contributed by atoms with Crippen LogP contribution in [0.2, 0.25) is 0 Å². The number of aromatic nitrogens is 1. The van der Waals surface area contributed by atoms with Crippen molar-refractivity contribution in [3.05, 3.63) is 58.9 Å². The zero-order valence-corrected chi connectivity index (χ0v) is 12.0. The molecule has 0 radical (unpaired) electrons. The topological polar surface area (TPSA) is 99.5 Å². The number of amides is 1. The lowest BCUT2D eigenvalue weighted by Crippen LogP contribution is -2.20. The van der Waals surface area contributed by atoms with Crippen LogP contribution in [0.5, 0.6) is 5.75 Å². The van der Waals surface area contributed by atoms with Crippen molar-refractivity contribution in [1.29, 1.82) is 0 Å². The minimum atomic E-state index is -1.11. The molecule has 0 atom stereocenters. The first kappa shape index (κ1) is 15.5. The minimum Gasteiger partial charge on any atom is -0.508 e. The van der Waals surface area contributed by atoms with Gasteiger partial charge in [-0.25, -0.2) is 9.78 Å². The summed E-state index contributed by atoms with van der Waals surface area (Å²) in [5.41, 5.74) is 1.53. The summed E-state index contributed by atoms with van der Waals surface area (Å²) >= 11 is 0. The van der Waals surface area contributed by atoms with Crippen LogP contribution < -0.4 is 5.32 Å². The highest BCUT2D eigenvalue weighted by Crippen LogP contribution is 2.14. The molecule has 0 saturated carbocycles. The van der Waals surface area contributed by atoms with Crippen molar-refractivity contribution < 1.29 is 19.8 Å². The Bertz CT molecular complexity index is 713. The number of rotatable bonds is 5. The number of nitrogens with one attached hydrogen (secondary N) is 1. The van der Waals surface area contributed by atoms with Gasteiger partial charge < -0.3 is 15.5 Å². The molecule has 6 nitrogen and oxygen atoms in total. The number of aromatic hydroxyl groups is 1. The van der Waals surface area contributed by atoms with Gasteiger partial charge in [-0.05, 0) is 42.7 Å². The Hall–Kier alpha value is -2.89. The van der Waals surface area contributed by atoms with Crippen LogP contribution in [0.1, 0.15) is 32.1 Å². The molecule has 22 heavy (non-hydrogen) atoms. The van der Waals surface area contributed by atoms with Crippen LogP contribution in [0.15, 0.2) is 36.4 Å². The van der Waals surface area contributed by atoms with Crippen LogP contribution in [0.4, 0.5) is 0 Å². The van der Waals surface area contributed by atoms with Crippen LogP contribution in [0, 0.1) is 0 Å². The van der Waals surface area contributed by atoms with Gasteiger partial charge in [-0.15, -0.1) is 0 Å². The third-order valence-corrected chi connectivity index (χ3v) is 3.17. The van der Waals surface area contributed by atoms with Crippen LogP contribution >= 0.6 is 0 Å². The molecule has 0 aliphatic rings. The summed E-state index contributed by atoms with van der Waals surface area (Å²) in [5, 5.41) is 21.0. The molecular weight excluding hydrogens is 284 g/mol. The van der Waals surface area contributed by atoms with Crippen LogP contribution in [0.3, 0.4) is 0 Å². The van der Waals surface area contributed by atoms with E-state index in [2.05, 4.69) is 10.3 Å². The summed E-state index contributed by atoms with van der Waals surface area (Å²) < 4.78 is 0. The van der Waals surface area contributed by atoms with E-state index in [0.717, 1.165) is 5.56 Å². The fourth-order valence-corrected chi connectivity index (χ4v) is 2.07. The average molecular weight is 300 g/mol. The van der Waals surface area contributed by atoms with Crippen molar-refractivity contribution in [2.24, 2.45) is 0 Å². The lowest BCUT2D eigenvalue weighted by atomic mass is 10.1. The maximum absolute atomic E-state index is 11.7. The van der Waals surface area contributed by atoms with E-state index < -0.39 is 11.9 Å². The van der Waals surface area contributed by atoms with E-state index in [9.17, 15) is 14.7 Å². The van der Waals surface area contributed by atoms with Crippen LogP contribution in [-0.2, 0) is 12.8 Å². The second-order valence-electron chi connectivity index (χ2n) is 4.79. The highest BCUT2D eigenvalue weighted by Gasteiger charge is 2.13. The Balaban J connectivity index is 2.24. The van der Waals surface area contributed by atoms with Crippen molar-refractivity contribution in [3.8, 4) is 5.75 Å². The molecule has 0 spiro atoms. The first-order valence-electron chi connectivity index (χ1n) is 6.74. The van der Waals surface area contributed by atoms with Gasteiger partial charge >= 0.3 is 5.97 Å². The van der Waals surface area contributed by atoms with Crippen molar-refractivity contribution in [1.82, 2.24) is 10.3 Å². The summed E-state index contributed by atoms with van der Waals surface area (Å²) in [6.07, 6.45) is 1.05. The highest BCUT2D eigenvalue weighted by atomic mass is 16.4. The van der Waals surface area contributed by atoms with E-state index in [1.165, 1.54) is 19.2 Å². The molecular formula is C16H16N2O4. The van der Waals surface area contributed by atoms with E-state index in [0.29, 0.717) is 18.5 Å². The first-order valence-corrected chi connectivity index (χ1v) is 6.74. The van der Waals surface area contributed by atoms with Crippen molar-refractivity contribution >= 4 is 11.9 Å². The lowest BCUT2D eigenvalue weighted by Gasteiger charge is -2.07. The fraction of sp³-hybridized carbons (Fsp3) is 0.188. The quantitative estimate of drug-likeness (QED) is 0.779. The molecule has 2 rings (SSSR count). The number of phenolic OH excluding ortho intramolecular Hbond substituents is 1. The predicted molar refractivity (Wildman–Crippen MR) is 80.1 cm³/mol. The number of benzene rings is 1. The van der Waals surface area contributed by atoms with Crippen molar-refractivity contribution in [2.45, 2.75) is 12.8 Å². The Morgan fingerprint density at radius 3 is 2.59 bits per heavy atom. The summed E-state index contributed by atoms with van der Waals surface area (Å²) in [7, 11) is 1.46. The molecule has 114 valence electrons. The minimum absolute atomic E-state index is 0.0273. The van der Waals surface area contributed by atoms with E-state index >= 15 is 0 Å². The number of hydrogen-bond acceptors (Lipinski definition) is 4. The molecule has 1 aromatic carbocycles. The van der Waals surface area contributed by atoms with Crippen LogP contribution in [0.25, 0.3) is 0 Å². The Morgan fingerprint density at radius 1 is 1.18 bits per heavy atom. The molecule has 0 bridgehead atoms. The average Bonchev–Trinajstić information content (AvgIpc) is 2.52. The Kier molecular flexibility index (Phi) is 4.73. The molecule has 0 saturated heterocycles. The van der Waals surface area contributed by atoms with Crippen LogP contribution in [-0.4, -0.2) is 34.1 Å². The molecule has 3 N–H and O–H groups in total. The van der Waals surface area contributed by atoms with Crippen molar-refractivity contribution in [2.75, 3.05) is 7.05 Å². The summed E-state index contributed by atoms with van der Waals surface area (Å²) in [5.74, 6) is -1.36. The molecule has 0 fully saturated rings. The molecule has 0 unspecified atom stereocenters. The van der Waals surface area contributed by atoms with Gasteiger partial charge in [-0.1, -0.05) is 12.1 Å². The zero-order valence-electron chi connectivity index (χ0n) is 12.0. The van der Waals surface area contributed by atoms with E-state index in [-0.39, 0.29) is 17.0 Å². The van der Waals surface area contributed by atoms with Crippen molar-refractivity contribution in [3.63, 3.8) is 0 Å². The Labute approximate surface area is 127 Å². The predicted octanol–water partition coefficient (Wildman–Crippen LogP) is 1.63. The standard InChI is InChI=1S/C16H16N2O4/c1-17-15(20)14-9-11(16(21)22)8-12(18-14)6-5-10-3-2-4-13(19)7-10/h2-4,7-9,19H,5-6H2,1H3,(H,17,20)(H,21,22). The number of carbonyl (C=O) groups excluding carboxylic acids is 1. The molecule has 1 amide bonds. The normalized spacial score (nSPS) is 10.2. The fourth-order valence-electron chi connectivity index (χ4n) is 2.07. The number of carboxylic acids is 1. The van der Waals surface area contributed by atoms with Gasteiger partial charge in [0.15, 0.2) is 0 Å². The van der Waals surface area contributed by atoms with Gasteiger partial charge in [0.1, 0.15) is 11.4 Å². The lowest BCUT2D eigenvalue weighted by molar-refractivity contribution is 0.0696. The number of phenols is 1. The smallest absolute Gasteiger partial charge is 0.335 e. The van der Waals surface area contributed by atoms with Gasteiger partial charge in [0.2, 0.25) is 0 Å². The third kappa shape index (κ3) is 3.82. The molecule has 1 aromatic heterocycles. The number of aromatic carboxylic acids is 1. The molecule has 1 heterocycles. The van der Waals surface area contributed by atoms with Gasteiger partial charge in [-0.3, -0.25) is 4.79 Å². The molecule has 0 aliphatic carbocycles. The van der Waals surface area contributed by atoms with E-state index in [1.54, 1.807) is 18.2 Å². The molecule has 6 heteroatoms. The highest BCUT2D eigenvalue weighted by molar-refractivity contribution is 5.95. The molecule has 0 aliphatic heterocycles. The summed E-state index contributed by atoms with van der Waals surface area (Å²) in [4.78, 5) is 27.0. The number of nitrogens with zero attached hydrogens (tertiary/aromatic N) is 1. The largest absolute Gasteiger partial charge is 0.508 e. The summed E-state index contributed by atoms with van der Waals surface area (Å²) in [6, 6.07) is 9.52. The number of pyridine rings is 1. The van der Waals surface area contributed by atoms with Gasteiger partial charge in [-0.2, -0.15) is 0 Å². The third-order valence-electron chi connectivity index (χ3n) is 3.17. The van der Waals surface area contributed by atoms with Gasteiger partial charge in [0, 0.05) is 12.7 Å². The monoisotopic (exact) mass is 300 g/mol. The van der Waals surface area contributed by atoms with E-state index in [4.69, 9.17) is 5.11 Å². The first-order chi connectivity index (χ1) is 10.5. The SMILES string of the molecule is CNC(=O)c1cc(C(=O)O)cc(CCc2cccc(O)c2)n1. The number of carboxylic acid groups (broad SMARTS) is 1. The number of hydrogen-bond donors (Lipinski definition) is 3. The Morgan fingerprint density at radius 2 is 1.95 bits per heavy atom. The maximum atomic E-state index is 11.7. The second kappa shape index (κ2) is 6.71. The molecule has 2 aromatic rings. The van der Waals surface area contributed by atoms with E-state index in [1.807, 2.05) is 6.07 Å². The second-order valence-corrected chi connectivity index (χ2v) is 4.79. The van der Waals surface area contributed by atoms with Gasteiger partial charge in [0.05, 0.1) is 5.56 Å². The maximum Gasteiger partial charge on any atom is 0.335 e.